The smallest absolute Gasteiger partial charge is 0.0166 e. The van der Waals surface area contributed by atoms with Crippen molar-refractivity contribution in [3.05, 3.63) is 29.8 Å². The Morgan fingerprint density at radius 2 is 1.35 bits per heavy atom. The molecule has 0 radical (unpaired) electrons. The fraction of sp³-hybridized carbons (Fsp3) is 0.684. The predicted octanol–water partition coefficient (Wildman–Crippen LogP) is 5.77. The lowest BCUT2D eigenvalue weighted by molar-refractivity contribution is 0.487. The summed E-state index contributed by atoms with van der Waals surface area (Å²) in [7, 11) is 0.0917. The average molecular weight is 288 g/mol. The Morgan fingerprint density at radius 1 is 0.800 bits per heavy atom. The molecule has 1 aromatic rings. The third kappa shape index (κ3) is 3.45. The van der Waals surface area contributed by atoms with Crippen molar-refractivity contribution in [2.24, 2.45) is 0 Å². The van der Waals surface area contributed by atoms with Crippen LogP contribution in [0, 0.1) is 6.92 Å². The van der Waals surface area contributed by atoms with Crippen LogP contribution in [-0.2, 0) is 0 Å². The van der Waals surface area contributed by atoms with Gasteiger partial charge >= 0.3 is 0 Å². The Hall–Kier alpha value is -0.350. The zero-order chi connectivity index (χ0) is 13.8. The molecule has 0 nitrogen and oxygen atoms in total. The Kier molecular flexibility index (Phi) is 5.16. The third-order valence-corrected chi connectivity index (χ3v) is 8.72. The molecule has 0 heterocycles. The molecule has 0 aromatic heterocycles. The van der Waals surface area contributed by atoms with Gasteiger partial charge in [-0.1, -0.05) is 76.3 Å². The van der Waals surface area contributed by atoms with E-state index in [2.05, 4.69) is 31.2 Å². The van der Waals surface area contributed by atoms with E-state index in [0.717, 1.165) is 11.3 Å². The van der Waals surface area contributed by atoms with Crippen LogP contribution in [0.15, 0.2) is 24.3 Å². The first-order valence-electron chi connectivity index (χ1n) is 8.69. The second-order valence-electron chi connectivity index (χ2n) is 6.83. The van der Waals surface area contributed by atoms with Crippen molar-refractivity contribution in [2.75, 3.05) is 0 Å². The summed E-state index contributed by atoms with van der Waals surface area (Å²) < 4.78 is 0. The van der Waals surface area contributed by atoms with E-state index in [9.17, 15) is 0 Å². The number of benzene rings is 1. The number of rotatable bonds is 3. The minimum atomic E-state index is 0.0917. The molecule has 20 heavy (non-hydrogen) atoms. The highest BCUT2D eigenvalue weighted by molar-refractivity contribution is 7.67. The average Bonchev–Trinajstić information content (AvgIpc) is 2.50. The molecule has 1 heteroatoms. The third-order valence-electron chi connectivity index (χ3n) is 5.24. The first-order chi connectivity index (χ1) is 9.84. The lowest BCUT2D eigenvalue weighted by Gasteiger charge is -2.38. The molecule has 2 fully saturated rings. The molecule has 0 aliphatic heterocycles. The van der Waals surface area contributed by atoms with E-state index in [1.54, 1.807) is 5.30 Å². The monoisotopic (exact) mass is 288 g/mol. The SMILES string of the molecule is Cc1cccc(P(C2CCCCC2)C2CCCCC2)c1. The standard InChI is InChI=1S/C19H29P/c1-16-9-8-14-19(15-16)20(17-10-4-2-5-11-17)18-12-6-3-7-13-18/h8-9,14-15,17-18H,2-7,10-13H2,1H3. The zero-order valence-corrected chi connectivity index (χ0v) is 13.9. The second-order valence-corrected chi connectivity index (χ2v) is 9.62. The molecule has 3 rings (SSSR count). The van der Waals surface area contributed by atoms with E-state index < -0.39 is 0 Å². The molecule has 0 saturated heterocycles. The number of hydrogen-bond donors (Lipinski definition) is 0. The molecule has 0 atom stereocenters. The summed E-state index contributed by atoms with van der Waals surface area (Å²) >= 11 is 0. The van der Waals surface area contributed by atoms with Gasteiger partial charge in [0.05, 0.1) is 0 Å². The number of aryl methyl sites for hydroxylation is 1. The molecule has 110 valence electrons. The maximum Gasteiger partial charge on any atom is -0.0166 e. The zero-order valence-electron chi connectivity index (χ0n) is 13.0. The molecule has 2 aliphatic rings. The summed E-state index contributed by atoms with van der Waals surface area (Å²) in [6, 6.07) is 9.52. The van der Waals surface area contributed by atoms with Crippen molar-refractivity contribution >= 4 is 13.2 Å². The highest BCUT2D eigenvalue weighted by Gasteiger charge is 2.32. The Bertz CT molecular complexity index is 396. The lowest BCUT2D eigenvalue weighted by Crippen LogP contribution is -2.26. The van der Waals surface area contributed by atoms with Gasteiger partial charge in [0.25, 0.3) is 0 Å². The molecule has 0 bridgehead atoms. The lowest BCUT2D eigenvalue weighted by atomic mass is 9.99. The Balaban J connectivity index is 1.85. The van der Waals surface area contributed by atoms with E-state index in [-0.39, 0.29) is 7.92 Å². The van der Waals surface area contributed by atoms with Crippen molar-refractivity contribution in [1.82, 2.24) is 0 Å². The molecule has 0 N–H and O–H groups in total. The predicted molar refractivity (Wildman–Crippen MR) is 91.5 cm³/mol. The largest absolute Gasteiger partial charge is 0.0690 e. The van der Waals surface area contributed by atoms with E-state index in [1.165, 1.54) is 69.8 Å². The van der Waals surface area contributed by atoms with Crippen LogP contribution < -0.4 is 5.30 Å². The maximum atomic E-state index is 2.51. The van der Waals surface area contributed by atoms with Crippen molar-refractivity contribution < 1.29 is 0 Å². The maximum absolute atomic E-state index is 2.51. The fourth-order valence-electron chi connectivity index (χ4n) is 4.23. The summed E-state index contributed by atoms with van der Waals surface area (Å²) in [4.78, 5) is 0. The Labute approximate surface area is 126 Å². The first-order valence-corrected chi connectivity index (χ1v) is 10.2. The Morgan fingerprint density at radius 3 is 1.85 bits per heavy atom. The van der Waals surface area contributed by atoms with E-state index in [1.807, 2.05) is 0 Å². The quantitative estimate of drug-likeness (QED) is 0.620. The van der Waals surface area contributed by atoms with Gasteiger partial charge < -0.3 is 0 Å². The van der Waals surface area contributed by atoms with Crippen LogP contribution >= 0.6 is 7.92 Å². The topological polar surface area (TPSA) is 0 Å². The molecule has 1 aromatic carbocycles. The van der Waals surface area contributed by atoms with Crippen molar-refractivity contribution in [2.45, 2.75) is 82.4 Å². The molecular formula is C19H29P. The van der Waals surface area contributed by atoms with Gasteiger partial charge in [0.1, 0.15) is 0 Å². The summed E-state index contributed by atoms with van der Waals surface area (Å²) in [6.45, 7) is 2.26. The molecule has 2 aliphatic carbocycles. The van der Waals surface area contributed by atoms with Crippen LogP contribution in [0.1, 0.15) is 69.8 Å². The minimum absolute atomic E-state index is 0.0917. The first kappa shape index (κ1) is 14.6. The molecular weight excluding hydrogens is 259 g/mol. The van der Waals surface area contributed by atoms with Gasteiger partial charge in [-0.3, -0.25) is 0 Å². The van der Waals surface area contributed by atoms with Crippen LogP contribution in [0.2, 0.25) is 0 Å². The normalized spacial score (nSPS) is 22.3. The van der Waals surface area contributed by atoms with Crippen LogP contribution in [-0.4, -0.2) is 11.3 Å². The van der Waals surface area contributed by atoms with E-state index in [4.69, 9.17) is 0 Å². The van der Waals surface area contributed by atoms with Crippen LogP contribution in [0.3, 0.4) is 0 Å². The van der Waals surface area contributed by atoms with Crippen LogP contribution in [0.25, 0.3) is 0 Å². The second kappa shape index (κ2) is 7.08. The van der Waals surface area contributed by atoms with Crippen LogP contribution in [0.4, 0.5) is 0 Å². The molecule has 0 spiro atoms. The van der Waals surface area contributed by atoms with Gasteiger partial charge in [-0.05, 0) is 49.2 Å². The van der Waals surface area contributed by atoms with Gasteiger partial charge in [-0.25, -0.2) is 0 Å². The highest BCUT2D eigenvalue weighted by atomic mass is 31.1. The van der Waals surface area contributed by atoms with E-state index >= 15 is 0 Å². The minimum Gasteiger partial charge on any atom is -0.0690 e. The summed E-state index contributed by atoms with van der Waals surface area (Å²) in [5.74, 6) is 0. The summed E-state index contributed by atoms with van der Waals surface area (Å²) in [5.41, 5.74) is 3.52. The van der Waals surface area contributed by atoms with Crippen molar-refractivity contribution in [3.63, 3.8) is 0 Å². The van der Waals surface area contributed by atoms with Gasteiger partial charge in [-0.15, -0.1) is 0 Å². The highest BCUT2D eigenvalue weighted by Crippen LogP contribution is 2.54. The van der Waals surface area contributed by atoms with Gasteiger partial charge in [0, 0.05) is 0 Å². The van der Waals surface area contributed by atoms with E-state index in [0.29, 0.717) is 0 Å². The summed E-state index contributed by atoms with van der Waals surface area (Å²) in [5, 5.41) is 1.72. The van der Waals surface area contributed by atoms with Crippen molar-refractivity contribution in [1.29, 1.82) is 0 Å². The molecule has 0 amide bonds. The van der Waals surface area contributed by atoms with Crippen LogP contribution in [0.5, 0.6) is 0 Å². The fourth-order valence-corrected chi connectivity index (χ4v) is 8.12. The molecule has 2 saturated carbocycles. The summed E-state index contributed by atoms with van der Waals surface area (Å²) in [6.07, 6.45) is 15.0. The van der Waals surface area contributed by atoms with Gasteiger partial charge in [-0.2, -0.15) is 0 Å². The molecule has 0 unspecified atom stereocenters. The van der Waals surface area contributed by atoms with Crippen molar-refractivity contribution in [3.8, 4) is 0 Å². The number of hydrogen-bond acceptors (Lipinski definition) is 0. The van der Waals surface area contributed by atoms with Gasteiger partial charge in [0.15, 0.2) is 0 Å². The van der Waals surface area contributed by atoms with Gasteiger partial charge in [0.2, 0.25) is 0 Å².